The van der Waals surface area contributed by atoms with E-state index in [9.17, 15) is 9.59 Å². The molecule has 3 heterocycles. The largest absolute Gasteiger partial charge is 0.350 e. The van der Waals surface area contributed by atoms with Gasteiger partial charge in [-0.15, -0.1) is 11.8 Å². The molecule has 1 unspecified atom stereocenters. The van der Waals surface area contributed by atoms with E-state index in [0.29, 0.717) is 29.6 Å². The minimum absolute atomic E-state index is 0.121. The van der Waals surface area contributed by atoms with E-state index >= 15 is 0 Å². The molecule has 1 aromatic carbocycles. The van der Waals surface area contributed by atoms with Crippen molar-refractivity contribution in [2.45, 2.75) is 12.6 Å². The summed E-state index contributed by atoms with van der Waals surface area (Å²) in [5, 5.41) is 7.16. The number of pyridine rings is 1. The monoisotopic (exact) mass is 393 g/mol. The van der Waals surface area contributed by atoms with Crippen LogP contribution in [0.5, 0.6) is 0 Å². The molecule has 7 nitrogen and oxygen atoms in total. The van der Waals surface area contributed by atoms with Gasteiger partial charge in [-0.05, 0) is 24.3 Å². The number of hydrogen-bond donors (Lipinski definition) is 1. The minimum atomic E-state index is -0.484. The first-order valence-corrected chi connectivity index (χ1v) is 10.0. The molecule has 142 valence electrons. The fraction of sp³-hybridized carbons (Fsp3) is 0.200. The van der Waals surface area contributed by atoms with Gasteiger partial charge < -0.3 is 10.2 Å². The summed E-state index contributed by atoms with van der Waals surface area (Å²) in [6.45, 7) is 0.316. The molecule has 8 heteroatoms. The maximum absolute atomic E-state index is 12.8. The van der Waals surface area contributed by atoms with Crippen molar-refractivity contribution in [3.8, 4) is 5.82 Å². The Morgan fingerprint density at radius 1 is 1.11 bits per heavy atom. The average Bonchev–Trinajstić information content (AvgIpc) is 3.44. The van der Waals surface area contributed by atoms with E-state index in [2.05, 4.69) is 15.4 Å². The Labute approximate surface area is 166 Å². The summed E-state index contributed by atoms with van der Waals surface area (Å²) in [4.78, 5) is 31.5. The summed E-state index contributed by atoms with van der Waals surface area (Å²) < 4.78 is 1.66. The lowest BCUT2D eigenvalue weighted by atomic mass is 10.1. The number of nitrogens with zero attached hydrogens (tertiary/aromatic N) is 4. The Balaban J connectivity index is 1.45. The molecule has 1 aliphatic heterocycles. The van der Waals surface area contributed by atoms with Gasteiger partial charge in [0, 0.05) is 42.0 Å². The number of carbonyl (C=O) groups excluding carboxylic acids is 2. The summed E-state index contributed by atoms with van der Waals surface area (Å²) in [5.74, 6) is 1.49. The van der Waals surface area contributed by atoms with Gasteiger partial charge in [-0.2, -0.15) is 5.10 Å². The molecule has 4 rings (SSSR count). The number of aromatic nitrogens is 3. The zero-order valence-electron chi connectivity index (χ0n) is 15.1. The lowest BCUT2D eigenvalue weighted by molar-refractivity contribution is -0.124. The molecule has 1 fully saturated rings. The molecule has 0 radical (unpaired) electrons. The van der Waals surface area contributed by atoms with Crippen LogP contribution in [-0.2, 0) is 11.3 Å². The van der Waals surface area contributed by atoms with Crippen LogP contribution in [0.25, 0.3) is 5.82 Å². The number of hydrogen-bond acceptors (Lipinski definition) is 5. The fourth-order valence-electron chi connectivity index (χ4n) is 3.08. The van der Waals surface area contributed by atoms with Crippen LogP contribution in [0.15, 0.2) is 67.1 Å². The summed E-state index contributed by atoms with van der Waals surface area (Å²) in [5.41, 5.74) is 1.45. The van der Waals surface area contributed by atoms with Crippen molar-refractivity contribution in [3.05, 3.63) is 78.2 Å². The van der Waals surface area contributed by atoms with E-state index < -0.39 is 6.04 Å². The number of amides is 2. The molecule has 1 atom stereocenters. The van der Waals surface area contributed by atoms with E-state index in [1.807, 2.05) is 42.6 Å². The maximum Gasteiger partial charge on any atom is 0.255 e. The highest BCUT2D eigenvalue weighted by atomic mass is 32.2. The van der Waals surface area contributed by atoms with E-state index in [4.69, 9.17) is 0 Å². The predicted octanol–water partition coefficient (Wildman–Crippen LogP) is 2.10. The molecule has 2 aromatic heterocycles. The second-order valence-corrected chi connectivity index (χ2v) is 7.31. The first kappa shape index (κ1) is 18.2. The van der Waals surface area contributed by atoms with Crippen molar-refractivity contribution >= 4 is 23.6 Å². The van der Waals surface area contributed by atoms with Gasteiger partial charge in [0.15, 0.2) is 5.82 Å². The van der Waals surface area contributed by atoms with Crippen molar-refractivity contribution in [2.24, 2.45) is 0 Å². The van der Waals surface area contributed by atoms with Crippen LogP contribution in [0, 0.1) is 0 Å². The van der Waals surface area contributed by atoms with Gasteiger partial charge in [0.1, 0.15) is 6.04 Å². The van der Waals surface area contributed by atoms with Crippen LogP contribution < -0.4 is 5.32 Å². The van der Waals surface area contributed by atoms with E-state index in [0.717, 1.165) is 5.56 Å². The molecule has 1 aliphatic rings. The molecule has 0 saturated carbocycles. The van der Waals surface area contributed by atoms with Gasteiger partial charge in [-0.1, -0.05) is 24.3 Å². The number of thioether (sulfide) groups is 1. The zero-order chi connectivity index (χ0) is 19.3. The van der Waals surface area contributed by atoms with Gasteiger partial charge in [0.25, 0.3) is 5.91 Å². The Hall–Kier alpha value is -3.13. The summed E-state index contributed by atoms with van der Waals surface area (Å²) >= 11 is 1.58. The molecule has 1 N–H and O–H groups in total. The number of nitrogens with one attached hydrogen (secondary N) is 1. The van der Waals surface area contributed by atoms with Crippen molar-refractivity contribution in [1.82, 2.24) is 25.0 Å². The molecule has 0 aliphatic carbocycles. The van der Waals surface area contributed by atoms with Crippen LogP contribution in [0.2, 0.25) is 0 Å². The highest BCUT2D eigenvalue weighted by Crippen LogP contribution is 2.23. The first-order chi connectivity index (χ1) is 13.7. The molecule has 2 amide bonds. The summed E-state index contributed by atoms with van der Waals surface area (Å²) in [7, 11) is 0. The predicted molar refractivity (Wildman–Crippen MR) is 107 cm³/mol. The molecule has 0 bridgehead atoms. The minimum Gasteiger partial charge on any atom is -0.350 e. The van der Waals surface area contributed by atoms with Crippen molar-refractivity contribution in [1.29, 1.82) is 0 Å². The van der Waals surface area contributed by atoms with Crippen molar-refractivity contribution < 1.29 is 9.59 Å². The Morgan fingerprint density at radius 2 is 1.96 bits per heavy atom. The molecular formula is C20H19N5O2S. The Kier molecular flexibility index (Phi) is 5.38. The number of rotatable bonds is 5. The summed E-state index contributed by atoms with van der Waals surface area (Å²) in [6, 6.07) is 14.1. The fourth-order valence-corrected chi connectivity index (χ4v) is 4.23. The standard InChI is InChI=1S/C20H19N5O2S/c26-19(17-13-28-14-24(17)20(27)15-6-2-1-3-7-15)22-12-16-8-4-9-21-18(16)25-11-5-10-23-25/h1-11,17H,12-14H2,(H,22,26). The first-order valence-electron chi connectivity index (χ1n) is 8.89. The van der Waals surface area contributed by atoms with E-state index in [-0.39, 0.29) is 11.8 Å². The number of benzene rings is 1. The Bertz CT molecular complexity index is 962. The highest BCUT2D eigenvalue weighted by Gasteiger charge is 2.35. The van der Waals surface area contributed by atoms with Gasteiger partial charge in [0.05, 0.1) is 5.88 Å². The molecule has 28 heavy (non-hydrogen) atoms. The SMILES string of the molecule is O=C(NCc1cccnc1-n1cccn1)C1CSCN1C(=O)c1ccccc1. The number of carbonyl (C=O) groups is 2. The van der Waals surface area contributed by atoms with Gasteiger partial charge in [-0.3, -0.25) is 9.59 Å². The third-order valence-electron chi connectivity index (χ3n) is 4.51. The van der Waals surface area contributed by atoms with E-state index in [1.165, 1.54) is 0 Å². The smallest absolute Gasteiger partial charge is 0.255 e. The van der Waals surface area contributed by atoms with Gasteiger partial charge in [-0.25, -0.2) is 9.67 Å². The van der Waals surface area contributed by atoms with Crippen molar-refractivity contribution in [2.75, 3.05) is 11.6 Å². The quantitative estimate of drug-likeness (QED) is 0.718. The Morgan fingerprint density at radius 3 is 2.75 bits per heavy atom. The van der Waals surface area contributed by atoms with Crippen LogP contribution in [0.3, 0.4) is 0 Å². The topological polar surface area (TPSA) is 80.1 Å². The third-order valence-corrected chi connectivity index (χ3v) is 5.52. The normalized spacial score (nSPS) is 16.1. The maximum atomic E-state index is 12.8. The molecule has 0 spiro atoms. The van der Waals surface area contributed by atoms with Crippen LogP contribution in [-0.4, -0.2) is 49.2 Å². The lowest BCUT2D eigenvalue weighted by Gasteiger charge is -2.23. The van der Waals surface area contributed by atoms with E-state index in [1.54, 1.807) is 45.9 Å². The van der Waals surface area contributed by atoms with Crippen LogP contribution >= 0.6 is 11.8 Å². The van der Waals surface area contributed by atoms with Crippen LogP contribution in [0.4, 0.5) is 0 Å². The highest BCUT2D eigenvalue weighted by molar-refractivity contribution is 7.99. The third kappa shape index (κ3) is 3.77. The summed E-state index contributed by atoms with van der Waals surface area (Å²) in [6.07, 6.45) is 5.18. The van der Waals surface area contributed by atoms with Gasteiger partial charge in [0.2, 0.25) is 5.91 Å². The average molecular weight is 393 g/mol. The van der Waals surface area contributed by atoms with Crippen molar-refractivity contribution in [3.63, 3.8) is 0 Å². The second kappa shape index (κ2) is 8.26. The molecule has 1 saturated heterocycles. The molecule has 3 aromatic rings. The zero-order valence-corrected chi connectivity index (χ0v) is 15.9. The lowest BCUT2D eigenvalue weighted by Crippen LogP contribution is -2.47. The second-order valence-electron chi connectivity index (χ2n) is 6.31. The van der Waals surface area contributed by atoms with Crippen LogP contribution in [0.1, 0.15) is 15.9 Å². The molecular weight excluding hydrogens is 374 g/mol. The van der Waals surface area contributed by atoms with Gasteiger partial charge >= 0.3 is 0 Å².